The third-order valence-corrected chi connectivity index (χ3v) is 12.0. The molecule has 9 aromatic rings. The van der Waals surface area contributed by atoms with E-state index in [4.69, 9.17) is 10.4 Å². The minimum atomic E-state index is -0.0823. The minimum Gasteiger partial charge on any atom is -0.300 e. The molecule has 0 spiro atoms. The number of nitrogens with one attached hydrogen (secondary N) is 1. The Hall–Kier alpha value is -7.42. The van der Waals surface area contributed by atoms with Crippen LogP contribution in [0.3, 0.4) is 0 Å². The van der Waals surface area contributed by atoms with E-state index in [1.807, 2.05) is 48.7 Å². The van der Waals surface area contributed by atoms with Gasteiger partial charge in [-0.05, 0) is 113 Å². The third kappa shape index (κ3) is 6.69. The predicted octanol–water partition coefficient (Wildman–Crippen LogP) is 14.8. The zero-order valence-electron chi connectivity index (χ0n) is 33.2. The fourth-order valence-electron chi connectivity index (χ4n) is 8.79. The van der Waals surface area contributed by atoms with Crippen LogP contribution in [0, 0.1) is 5.41 Å². The van der Waals surface area contributed by atoms with Crippen molar-refractivity contribution < 1.29 is 0 Å². The van der Waals surface area contributed by atoms with Gasteiger partial charge in [0.15, 0.2) is 0 Å². The van der Waals surface area contributed by atoms with E-state index in [-0.39, 0.29) is 5.41 Å². The van der Waals surface area contributed by atoms with E-state index in [0.717, 1.165) is 38.9 Å². The van der Waals surface area contributed by atoms with Gasteiger partial charge in [0, 0.05) is 22.8 Å². The van der Waals surface area contributed by atoms with Crippen LogP contribution < -0.4 is 0 Å². The Morgan fingerprint density at radius 1 is 0.441 bits per heavy atom. The Morgan fingerprint density at radius 2 is 1.00 bits per heavy atom. The molecule has 1 aliphatic rings. The molecule has 0 fully saturated rings. The van der Waals surface area contributed by atoms with Gasteiger partial charge in [0.1, 0.15) is 0 Å². The summed E-state index contributed by atoms with van der Waals surface area (Å²) < 4.78 is 0. The van der Waals surface area contributed by atoms with Crippen molar-refractivity contribution in [2.45, 2.75) is 19.3 Å². The average molecular weight is 755 g/mol. The highest BCUT2D eigenvalue weighted by Gasteiger charge is 2.36. The number of nitrogens with zero attached hydrogens (tertiary/aromatic N) is 1. The zero-order valence-corrected chi connectivity index (χ0v) is 33.2. The van der Waals surface area contributed by atoms with Crippen molar-refractivity contribution in [3.8, 4) is 44.5 Å². The van der Waals surface area contributed by atoms with Crippen LogP contribution in [0.5, 0.6) is 0 Å². The highest BCUT2D eigenvalue weighted by atomic mass is 14.7. The van der Waals surface area contributed by atoms with Crippen molar-refractivity contribution in [3.05, 3.63) is 234 Å². The normalized spacial score (nSPS) is 13.2. The van der Waals surface area contributed by atoms with Crippen LogP contribution in [0.2, 0.25) is 0 Å². The number of rotatable bonds is 8. The molecular formula is C57H42N2. The number of hydrogen-bond donors (Lipinski definition) is 1. The molecule has 0 radical (unpaired) electrons. The Labute approximate surface area is 346 Å². The van der Waals surface area contributed by atoms with Crippen LogP contribution in [0.15, 0.2) is 211 Å². The summed E-state index contributed by atoms with van der Waals surface area (Å²) in [5.74, 6) is 0. The van der Waals surface area contributed by atoms with Gasteiger partial charge in [-0.25, -0.2) is 0 Å². The summed E-state index contributed by atoms with van der Waals surface area (Å²) in [5.41, 5.74) is 16.4. The van der Waals surface area contributed by atoms with E-state index in [0.29, 0.717) is 5.71 Å². The van der Waals surface area contributed by atoms with E-state index in [2.05, 4.69) is 178 Å². The quantitative estimate of drug-likeness (QED) is 0.150. The SMILES string of the molecule is CC1(C)c2cc(-c3ccc(-c4ccc(C=N/C(=C\C(=N)c5ccccc5)c5cccc(-c6ccccc6)c5)c5ccccc45)cc3)ccc2-c2cc3ccccc3cc21. The molecule has 0 unspecified atom stereocenters. The average Bonchev–Trinajstić information content (AvgIpc) is 3.51. The maximum atomic E-state index is 8.99. The molecular weight excluding hydrogens is 713 g/mol. The molecule has 0 bridgehead atoms. The number of fused-ring (bicyclic) bond motifs is 5. The second kappa shape index (κ2) is 14.8. The monoisotopic (exact) mass is 754 g/mol. The smallest absolute Gasteiger partial charge is 0.0723 e. The first-order valence-electron chi connectivity index (χ1n) is 20.3. The van der Waals surface area contributed by atoms with Crippen molar-refractivity contribution in [2.24, 2.45) is 4.99 Å². The molecule has 10 rings (SSSR count). The lowest BCUT2D eigenvalue weighted by Crippen LogP contribution is -2.15. The molecule has 0 amide bonds. The molecule has 1 N–H and O–H groups in total. The highest BCUT2D eigenvalue weighted by Crippen LogP contribution is 2.51. The summed E-state index contributed by atoms with van der Waals surface area (Å²) in [6, 6.07) is 71.0. The van der Waals surface area contributed by atoms with Gasteiger partial charge in [0.2, 0.25) is 0 Å². The van der Waals surface area contributed by atoms with Crippen LogP contribution in [-0.4, -0.2) is 11.9 Å². The van der Waals surface area contributed by atoms with E-state index in [1.54, 1.807) is 0 Å². The van der Waals surface area contributed by atoms with Gasteiger partial charge in [-0.2, -0.15) is 0 Å². The van der Waals surface area contributed by atoms with Crippen LogP contribution in [-0.2, 0) is 5.41 Å². The largest absolute Gasteiger partial charge is 0.300 e. The summed E-state index contributed by atoms with van der Waals surface area (Å²) in [6.07, 6.45) is 3.82. The maximum absolute atomic E-state index is 8.99. The van der Waals surface area contributed by atoms with E-state index in [1.165, 1.54) is 60.7 Å². The number of hydrogen-bond acceptors (Lipinski definition) is 2. The van der Waals surface area contributed by atoms with Gasteiger partial charge in [-0.3, -0.25) is 4.99 Å². The fourth-order valence-corrected chi connectivity index (χ4v) is 8.79. The molecule has 0 atom stereocenters. The lowest BCUT2D eigenvalue weighted by Gasteiger charge is -2.22. The van der Waals surface area contributed by atoms with E-state index >= 15 is 0 Å². The summed E-state index contributed by atoms with van der Waals surface area (Å²) in [5, 5.41) is 13.9. The molecule has 0 aromatic heterocycles. The number of allylic oxidation sites excluding steroid dienone is 1. The van der Waals surface area contributed by atoms with Gasteiger partial charge >= 0.3 is 0 Å². The number of benzene rings is 9. The topological polar surface area (TPSA) is 36.2 Å². The van der Waals surface area contributed by atoms with Crippen LogP contribution in [0.1, 0.15) is 41.7 Å². The molecule has 1 aliphatic carbocycles. The van der Waals surface area contributed by atoms with Crippen LogP contribution >= 0.6 is 0 Å². The molecule has 0 aliphatic heterocycles. The first-order chi connectivity index (χ1) is 28.9. The van der Waals surface area contributed by atoms with Crippen molar-refractivity contribution >= 4 is 39.2 Å². The van der Waals surface area contributed by atoms with Crippen molar-refractivity contribution in [1.82, 2.24) is 0 Å². The van der Waals surface area contributed by atoms with E-state index in [9.17, 15) is 0 Å². The zero-order chi connectivity index (χ0) is 39.9. The van der Waals surface area contributed by atoms with Gasteiger partial charge in [0.05, 0.1) is 11.4 Å². The fraction of sp³-hybridized carbons (Fsp3) is 0.0526. The molecule has 59 heavy (non-hydrogen) atoms. The molecule has 280 valence electrons. The summed E-state index contributed by atoms with van der Waals surface area (Å²) >= 11 is 0. The molecule has 0 heterocycles. The number of aliphatic imine (C=N–C) groups is 1. The molecule has 2 nitrogen and oxygen atoms in total. The van der Waals surface area contributed by atoms with Crippen LogP contribution in [0.25, 0.3) is 71.7 Å². The molecule has 0 saturated carbocycles. The Kier molecular flexibility index (Phi) is 9.03. The van der Waals surface area contributed by atoms with E-state index < -0.39 is 0 Å². The van der Waals surface area contributed by atoms with Gasteiger partial charge < -0.3 is 5.41 Å². The van der Waals surface area contributed by atoms with Gasteiger partial charge in [0.25, 0.3) is 0 Å². The Bertz CT molecular complexity index is 3110. The first-order valence-corrected chi connectivity index (χ1v) is 20.3. The summed E-state index contributed by atoms with van der Waals surface area (Å²) in [7, 11) is 0. The second-order valence-electron chi connectivity index (χ2n) is 16.0. The standard InChI is InChI=1S/C57H42N2/c1-57(2)53-35-45(28-31-51(53)52-33-43-18-9-10-19-44(43)34-54(52)57)39-24-26-40(27-25-39)49-30-29-47(48-22-11-12-23-50(48)49)37-59-56(36-55(58)41-16-7-4-8-17-41)46-21-13-20-42(32-46)38-14-5-3-6-15-38/h3-37,58H,1-2H3/b56-36-,58-55?,59-37?. The minimum absolute atomic E-state index is 0.0823. The Balaban J connectivity index is 0.974. The van der Waals surface area contributed by atoms with Crippen LogP contribution in [0.4, 0.5) is 0 Å². The van der Waals surface area contributed by atoms with Gasteiger partial charge in [-0.1, -0.05) is 190 Å². The lowest BCUT2D eigenvalue weighted by atomic mass is 9.81. The van der Waals surface area contributed by atoms with Crippen molar-refractivity contribution in [2.75, 3.05) is 0 Å². The lowest BCUT2D eigenvalue weighted by molar-refractivity contribution is 0.661. The van der Waals surface area contributed by atoms with Crippen molar-refractivity contribution in [1.29, 1.82) is 5.41 Å². The summed E-state index contributed by atoms with van der Waals surface area (Å²) in [6.45, 7) is 4.71. The highest BCUT2D eigenvalue weighted by molar-refractivity contribution is 6.12. The maximum Gasteiger partial charge on any atom is 0.0723 e. The Morgan fingerprint density at radius 3 is 1.78 bits per heavy atom. The second-order valence-corrected chi connectivity index (χ2v) is 16.0. The predicted molar refractivity (Wildman–Crippen MR) is 251 cm³/mol. The third-order valence-electron chi connectivity index (χ3n) is 12.0. The first kappa shape index (κ1) is 36.0. The van der Waals surface area contributed by atoms with Gasteiger partial charge in [-0.15, -0.1) is 0 Å². The molecule has 0 saturated heterocycles. The van der Waals surface area contributed by atoms with Crippen molar-refractivity contribution in [3.63, 3.8) is 0 Å². The summed E-state index contributed by atoms with van der Waals surface area (Å²) in [4.78, 5) is 5.12. The molecule has 9 aromatic carbocycles. The molecule has 2 heteroatoms.